The molecule has 3 heterocycles. The maximum atomic E-state index is 14.1. The fraction of sp³-hybridized carbons (Fsp3) is 0.143. The number of carbonyl (C=O) groups is 2. The van der Waals surface area contributed by atoms with Gasteiger partial charge >= 0.3 is 5.97 Å². The highest BCUT2D eigenvalue weighted by Crippen LogP contribution is 2.36. The normalized spacial score (nSPS) is 14.6. The molecule has 44 heavy (non-hydrogen) atoms. The molecule has 0 saturated heterocycles. The molecule has 9 heteroatoms. The van der Waals surface area contributed by atoms with E-state index in [4.69, 9.17) is 18.9 Å². The average molecular weight is 605 g/mol. The van der Waals surface area contributed by atoms with Gasteiger partial charge in [0.05, 0.1) is 35.6 Å². The van der Waals surface area contributed by atoms with Gasteiger partial charge in [-0.15, -0.1) is 0 Å². The Morgan fingerprint density at radius 2 is 1.75 bits per heavy atom. The van der Waals surface area contributed by atoms with Crippen LogP contribution in [-0.4, -0.2) is 30.0 Å². The maximum Gasteiger partial charge on any atom is 0.338 e. The van der Waals surface area contributed by atoms with E-state index in [0.717, 1.165) is 11.1 Å². The van der Waals surface area contributed by atoms with Crippen molar-refractivity contribution < 1.29 is 23.5 Å². The third-order valence-electron chi connectivity index (χ3n) is 7.26. The number of hydrogen-bond donors (Lipinski definition) is 0. The van der Waals surface area contributed by atoms with Crippen LogP contribution in [0, 0.1) is 0 Å². The van der Waals surface area contributed by atoms with Crippen LogP contribution in [0.4, 0.5) is 0 Å². The Labute approximate surface area is 256 Å². The standard InChI is InChI=1S/C35H28N2O6S/c1-4-42-34(40)30-31(24-9-6-5-7-10-24)36-35-37(32(30)25-11-8-12-26(19-25)41-3)33(39)29(44-35)20-27-17-18-28(43-27)23-15-13-22(14-16-23)21(2)38/h5-20,32H,4H2,1-3H3/t32-/m1/s1. The van der Waals surface area contributed by atoms with Crippen molar-refractivity contribution >= 4 is 34.9 Å². The molecule has 0 bridgehead atoms. The number of thiazole rings is 1. The molecule has 6 rings (SSSR count). The summed E-state index contributed by atoms with van der Waals surface area (Å²) in [5.41, 5.74) is 3.22. The molecular formula is C35H28N2O6S. The van der Waals surface area contributed by atoms with Gasteiger partial charge in [-0.05, 0) is 43.7 Å². The molecule has 8 nitrogen and oxygen atoms in total. The van der Waals surface area contributed by atoms with Gasteiger partial charge in [0.15, 0.2) is 10.6 Å². The molecule has 2 aromatic heterocycles. The number of ketones is 1. The van der Waals surface area contributed by atoms with Crippen molar-refractivity contribution in [3.63, 3.8) is 0 Å². The minimum Gasteiger partial charge on any atom is -0.497 e. The lowest BCUT2D eigenvalue weighted by atomic mass is 9.93. The molecule has 220 valence electrons. The van der Waals surface area contributed by atoms with E-state index in [1.807, 2.05) is 66.7 Å². The molecule has 3 aromatic carbocycles. The van der Waals surface area contributed by atoms with Gasteiger partial charge in [0.1, 0.15) is 17.3 Å². The molecule has 0 spiro atoms. The first-order valence-electron chi connectivity index (χ1n) is 14.0. The lowest BCUT2D eigenvalue weighted by molar-refractivity contribution is -0.138. The zero-order valence-electron chi connectivity index (χ0n) is 24.3. The SMILES string of the molecule is CCOC(=O)C1=C(c2ccccc2)N=c2sc(=Cc3ccc(-c4ccc(C(C)=O)cc4)o3)c(=O)n2[C@@H]1c1cccc(OC)c1. The fourth-order valence-corrected chi connectivity index (χ4v) is 6.13. The Morgan fingerprint density at radius 3 is 2.45 bits per heavy atom. The second-order valence-corrected chi connectivity index (χ2v) is 11.1. The van der Waals surface area contributed by atoms with E-state index in [1.54, 1.807) is 44.4 Å². The summed E-state index contributed by atoms with van der Waals surface area (Å²) in [6.45, 7) is 3.43. The van der Waals surface area contributed by atoms with Crippen LogP contribution in [0.2, 0.25) is 0 Å². The number of carbonyl (C=O) groups excluding carboxylic acids is 2. The summed E-state index contributed by atoms with van der Waals surface area (Å²) in [6, 6.07) is 26.6. The number of nitrogens with zero attached hydrogens (tertiary/aromatic N) is 2. The largest absolute Gasteiger partial charge is 0.497 e. The molecule has 0 saturated carbocycles. The number of Topliss-reactive ketones (excluding diaryl/α,β-unsaturated/α-hetero) is 1. The Hall–Kier alpha value is -5.28. The summed E-state index contributed by atoms with van der Waals surface area (Å²) in [7, 11) is 1.57. The quantitative estimate of drug-likeness (QED) is 0.174. The van der Waals surface area contributed by atoms with E-state index in [0.29, 0.717) is 43.4 Å². The highest BCUT2D eigenvalue weighted by molar-refractivity contribution is 7.07. The second kappa shape index (κ2) is 12.1. The Balaban J connectivity index is 1.53. The third-order valence-corrected chi connectivity index (χ3v) is 8.24. The zero-order chi connectivity index (χ0) is 30.8. The number of furan rings is 1. The lowest BCUT2D eigenvalue weighted by Crippen LogP contribution is -2.40. The summed E-state index contributed by atoms with van der Waals surface area (Å²) in [5.74, 6) is 1.10. The molecule has 1 aliphatic heterocycles. The van der Waals surface area contributed by atoms with Gasteiger partial charge in [-0.25, -0.2) is 9.79 Å². The van der Waals surface area contributed by atoms with Crippen LogP contribution in [-0.2, 0) is 9.53 Å². The molecule has 0 N–H and O–H groups in total. The van der Waals surface area contributed by atoms with E-state index in [-0.39, 0.29) is 23.5 Å². The van der Waals surface area contributed by atoms with Crippen molar-refractivity contribution in [2.45, 2.75) is 19.9 Å². The Bertz CT molecular complexity index is 2080. The summed E-state index contributed by atoms with van der Waals surface area (Å²) >= 11 is 1.21. The Kier molecular flexibility index (Phi) is 7.95. The molecule has 1 atom stereocenters. The summed E-state index contributed by atoms with van der Waals surface area (Å²) in [4.78, 5) is 44.7. The minimum absolute atomic E-state index is 0.0131. The smallest absolute Gasteiger partial charge is 0.338 e. The van der Waals surface area contributed by atoms with Gasteiger partial charge in [-0.1, -0.05) is 78.1 Å². The van der Waals surface area contributed by atoms with Crippen LogP contribution in [0.3, 0.4) is 0 Å². The van der Waals surface area contributed by atoms with Crippen molar-refractivity contribution in [3.05, 3.63) is 139 Å². The topological polar surface area (TPSA) is 100 Å². The molecule has 0 amide bonds. The third kappa shape index (κ3) is 5.45. The van der Waals surface area contributed by atoms with Crippen LogP contribution >= 0.6 is 11.3 Å². The summed E-state index contributed by atoms with van der Waals surface area (Å²) in [5, 5.41) is 0. The second-order valence-electron chi connectivity index (χ2n) is 10.0. The predicted octanol–water partition coefficient (Wildman–Crippen LogP) is 5.41. The molecule has 0 fully saturated rings. The van der Waals surface area contributed by atoms with Gasteiger partial charge in [-0.2, -0.15) is 0 Å². The predicted molar refractivity (Wildman–Crippen MR) is 168 cm³/mol. The van der Waals surface area contributed by atoms with Crippen molar-refractivity contribution in [2.24, 2.45) is 4.99 Å². The van der Waals surface area contributed by atoms with Crippen LogP contribution in [0.5, 0.6) is 5.75 Å². The van der Waals surface area contributed by atoms with Gasteiger partial charge in [0, 0.05) is 22.8 Å². The fourth-order valence-electron chi connectivity index (χ4n) is 5.15. The molecule has 5 aromatic rings. The average Bonchev–Trinajstić information content (AvgIpc) is 3.64. The van der Waals surface area contributed by atoms with Crippen molar-refractivity contribution in [2.75, 3.05) is 13.7 Å². The van der Waals surface area contributed by atoms with E-state index < -0.39 is 12.0 Å². The summed E-state index contributed by atoms with van der Waals surface area (Å²) < 4.78 is 19.0. The minimum atomic E-state index is -0.815. The maximum absolute atomic E-state index is 14.1. The van der Waals surface area contributed by atoms with Crippen LogP contribution in [0.25, 0.3) is 23.1 Å². The molecule has 0 radical (unpaired) electrons. The number of methoxy groups -OCH3 is 1. The van der Waals surface area contributed by atoms with Crippen LogP contribution in [0.15, 0.2) is 111 Å². The van der Waals surface area contributed by atoms with E-state index in [9.17, 15) is 14.4 Å². The van der Waals surface area contributed by atoms with Gasteiger partial charge in [0.2, 0.25) is 0 Å². The van der Waals surface area contributed by atoms with Gasteiger partial charge in [0.25, 0.3) is 5.56 Å². The molecule has 0 aliphatic carbocycles. The first kappa shape index (κ1) is 28.8. The van der Waals surface area contributed by atoms with Crippen LogP contribution in [0.1, 0.15) is 47.1 Å². The number of hydrogen-bond acceptors (Lipinski definition) is 8. The molecule has 1 aliphatic rings. The first-order valence-corrected chi connectivity index (χ1v) is 14.8. The van der Waals surface area contributed by atoms with E-state index in [1.165, 1.54) is 22.8 Å². The number of benzene rings is 3. The highest BCUT2D eigenvalue weighted by atomic mass is 32.1. The number of rotatable bonds is 8. The van der Waals surface area contributed by atoms with E-state index in [2.05, 4.69) is 0 Å². The molecule has 0 unspecified atom stereocenters. The van der Waals surface area contributed by atoms with Crippen LogP contribution < -0.4 is 19.6 Å². The monoisotopic (exact) mass is 604 g/mol. The number of esters is 1. The highest BCUT2D eigenvalue weighted by Gasteiger charge is 2.35. The number of fused-ring (bicyclic) bond motifs is 1. The number of ether oxygens (including phenoxy) is 2. The lowest BCUT2D eigenvalue weighted by Gasteiger charge is -2.26. The summed E-state index contributed by atoms with van der Waals surface area (Å²) in [6.07, 6.45) is 1.68. The van der Waals surface area contributed by atoms with Crippen molar-refractivity contribution in [1.29, 1.82) is 0 Å². The van der Waals surface area contributed by atoms with E-state index >= 15 is 0 Å². The van der Waals surface area contributed by atoms with Gasteiger partial charge in [-0.3, -0.25) is 14.2 Å². The van der Waals surface area contributed by atoms with Gasteiger partial charge < -0.3 is 13.9 Å². The molecular weight excluding hydrogens is 576 g/mol. The zero-order valence-corrected chi connectivity index (χ0v) is 25.1. The number of aromatic nitrogens is 1. The first-order chi connectivity index (χ1) is 21.4. The van der Waals surface area contributed by atoms with Crippen molar-refractivity contribution in [1.82, 2.24) is 4.57 Å². The van der Waals surface area contributed by atoms with Crippen molar-refractivity contribution in [3.8, 4) is 17.1 Å². The Morgan fingerprint density at radius 1 is 0.977 bits per heavy atom.